The van der Waals surface area contributed by atoms with Crippen LogP contribution in [0.3, 0.4) is 0 Å². The van der Waals surface area contributed by atoms with Crippen molar-refractivity contribution in [3.8, 4) is 11.3 Å². The van der Waals surface area contributed by atoms with Crippen LogP contribution >= 0.6 is 0 Å². The number of hydrogen-bond acceptors (Lipinski definition) is 4. The average molecular weight is 255 g/mol. The van der Waals surface area contributed by atoms with Crippen LogP contribution in [0.15, 0.2) is 53.7 Å². The summed E-state index contributed by atoms with van der Waals surface area (Å²) in [6, 6.07) is 6.27. The highest BCUT2D eigenvalue weighted by Gasteiger charge is 2.07. The minimum absolute atomic E-state index is 0.252. The standard InChI is InChI=1S/C14H10FN3O/c15-12-3-1-10(2-4-12)5-14-18-13(8-19-14)11-6-16-9-17-7-11/h1-4,6-9H,5H2. The normalized spacial score (nSPS) is 10.6. The second-order valence-corrected chi connectivity index (χ2v) is 4.06. The number of aromatic nitrogens is 3. The first-order chi connectivity index (χ1) is 9.31. The van der Waals surface area contributed by atoms with E-state index in [9.17, 15) is 4.39 Å². The van der Waals surface area contributed by atoms with Crippen molar-refractivity contribution in [2.75, 3.05) is 0 Å². The molecule has 0 spiro atoms. The van der Waals surface area contributed by atoms with Crippen molar-refractivity contribution in [2.45, 2.75) is 6.42 Å². The highest BCUT2D eigenvalue weighted by molar-refractivity contribution is 5.54. The van der Waals surface area contributed by atoms with E-state index in [2.05, 4.69) is 15.0 Å². The van der Waals surface area contributed by atoms with Crippen molar-refractivity contribution in [1.82, 2.24) is 15.0 Å². The van der Waals surface area contributed by atoms with E-state index in [-0.39, 0.29) is 5.82 Å². The predicted octanol–water partition coefficient (Wildman–Crippen LogP) is 2.86. The largest absolute Gasteiger partial charge is 0.448 e. The highest BCUT2D eigenvalue weighted by atomic mass is 19.1. The number of rotatable bonds is 3. The van der Waals surface area contributed by atoms with Crippen LogP contribution in [0.25, 0.3) is 11.3 Å². The maximum Gasteiger partial charge on any atom is 0.198 e. The number of benzene rings is 1. The molecule has 0 saturated carbocycles. The number of hydrogen-bond donors (Lipinski definition) is 0. The Labute approximate surface area is 109 Å². The van der Waals surface area contributed by atoms with E-state index in [0.29, 0.717) is 18.0 Å². The second kappa shape index (κ2) is 4.97. The molecule has 0 radical (unpaired) electrons. The van der Waals surface area contributed by atoms with Crippen LogP contribution < -0.4 is 0 Å². The molecular weight excluding hydrogens is 245 g/mol. The van der Waals surface area contributed by atoms with Gasteiger partial charge in [-0.2, -0.15) is 0 Å². The summed E-state index contributed by atoms with van der Waals surface area (Å²) in [4.78, 5) is 12.2. The van der Waals surface area contributed by atoms with Crippen LogP contribution in [0.1, 0.15) is 11.5 Å². The van der Waals surface area contributed by atoms with E-state index in [1.165, 1.54) is 18.5 Å². The zero-order valence-electron chi connectivity index (χ0n) is 9.95. The summed E-state index contributed by atoms with van der Waals surface area (Å²) in [5, 5.41) is 0. The summed E-state index contributed by atoms with van der Waals surface area (Å²) in [7, 11) is 0. The van der Waals surface area contributed by atoms with E-state index in [1.807, 2.05) is 0 Å². The molecule has 0 amide bonds. The fraction of sp³-hybridized carbons (Fsp3) is 0.0714. The zero-order valence-corrected chi connectivity index (χ0v) is 9.95. The number of oxazole rings is 1. The number of nitrogens with zero attached hydrogens (tertiary/aromatic N) is 3. The van der Waals surface area contributed by atoms with Gasteiger partial charge in [-0.15, -0.1) is 0 Å². The first kappa shape index (κ1) is 11.5. The third-order valence-electron chi connectivity index (χ3n) is 2.68. The summed E-state index contributed by atoms with van der Waals surface area (Å²) < 4.78 is 18.2. The van der Waals surface area contributed by atoms with Crippen LogP contribution in [-0.2, 0) is 6.42 Å². The van der Waals surface area contributed by atoms with Crippen molar-refractivity contribution in [2.24, 2.45) is 0 Å². The van der Waals surface area contributed by atoms with E-state index >= 15 is 0 Å². The lowest BCUT2D eigenvalue weighted by molar-refractivity contribution is 0.507. The summed E-state index contributed by atoms with van der Waals surface area (Å²) in [6.07, 6.45) is 6.90. The summed E-state index contributed by atoms with van der Waals surface area (Å²) in [5.74, 6) is 0.323. The first-order valence-corrected chi connectivity index (χ1v) is 5.75. The average Bonchev–Trinajstić information content (AvgIpc) is 2.91. The molecule has 4 nitrogen and oxygen atoms in total. The molecule has 0 N–H and O–H groups in total. The van der Waals surface area contributed by atoms with Gasteiger partial charge >= 0.3 is 0 Å². The van der Waals surface area contributed by atoms with Gasteiger partial charge in [0.05, 0.1) is 0 Å². The van der Waals surface area contributed by atoms with E-state index in [1.54, 1.807) is 30.8 Å². The van der Waals surface area contributed by atoms with Gasteiger partial charge in [-0.25, -0.2) is 19.3 Å². The van der Waals surface area contributed by atoms with Crippen molar-refractivity contribution >= 4 is 0 Å². The Bertz CT molecular complexity index is 665. The van der Waals surface area contributed by atoms with Crippen molar-refractivity contribution in [3.63, 3.8) is 0 Å². The molecule has 0 bridgehead atoms. The van der Waals surface area contributed by atoms with Crippen LogP contribution in [0.4, 0.5) is 4.39 Å². The monoisotopic (exact) mass is 255 g/mol. The van der Waals surface area contributed by atoms with Crippen LogP contribution in [0.5, 0.6) is 0 Å². The molecule has 0 aliphatic rings. The summed E-state index contributed by atoms with van der Waals surface area (Å²) in [6.45, 7) is 0. The topological polar surface area (TPSA) is 51.8 Å². The minimum atomic E-state index is -0.252. The van der Waals surface area contributed by atoms with Gasteiger partial charge in [-0.1, -0.05) is 12.1 Å². The fourth-order valence-electron chi connectivity index (χ4n) is 1.73. The van der Waals surface area contributed by atoms with Gasteiger partial charge in [-0.3, -0.25) is 0 Å². The zero-order chi connectivity index (χ0) is 13.1. The SMILES string of the molecule is Fc1ccc(Cc2nc(-c3cncnc3)co2)cc1. The molecule has 0 aliphatic heterocycles. The lowest BCUT2D eigenvalue weighted by Crippen LogP contribution is -1.89. The molecular formula is C14H10FN3O. The van der Waals surface area contributed by atoms with Gasteiger partial charge in [0.1, 0.15) is 24.1 Å². The molecule has 0 saturated heterocycles. The third kappa shape index (κ3) is 2.65. The molecule has 19 heavy (non-hydrogen) atoms. The van der Waals surface area contributed by atoms with Gasteiger partial charge in [0, 0.05) is 24.4 Å². The van der Waals surface area contributed by atoms with Crippen LogP contribution in [-0.4, -0.2) is 15.0 Å². The van der Waals surface area contributed by atoms with Gasteiger partial charge < -0.3 is 4.42 Å². The molecule has 5 heteroatoms. The van der Waals surface area contributed by atoms with Crippen LogP contribution in [0.2, 0.25) is 0 Å². The maximum absolute atomic E-state index is 12.8. The van der Waals surface area contributed by atoms with Crippen molar-refractivity contribution in [1.29, 1.82) is 0 Å². The fourth-order valence-corrected chi connectivity index (χ4v) is 1.73. The summed E-state index contributed by atoms with van der Waals surface area (Å²) in [5.41, 5.74) is 2.44. The molecule has 0 atom stereocenters. The van der Waals surface area contributed by atoms with E-state index in [0.717, 1.165) is 11.1 Å². The molecule has 2 heterocycles. The molecule has 94 valence electrons. The molecule has 1 aromatic carbocycles. The third-order valence-corrected chi connectivity index (χ3v) is 2.68. The second-order valence-electron chi connectivity index (χ2n) is 4.06. The lowest BCUT2D eigenvalue weighted by atomic mass is 10.1. The molecule has 0 unspecified atom stereocenters. The molecule has 3 aromatic rings. The van der Waals surface area contributed by atoms with Crippen LogP contribution in [0, 0.1) is 5.82 Å². The Balaban J connectivity index is 1.80. The maximum atomic E-state index is 12.8. The van der Waals surface area contributed by atoms with E-state index in [4.69, 9.17) is 4.42 Å². The Morgan fingerprint density at radius 2 is 1.79 bits per heavy atom. The van der Waals surface area contributed by atoms with Gasteiger partial charge in [0.25, 0.3) is 0 Å². The molecule has 2 aromatic heterocycles. The first-order valence-electron chi connectivity index (χ1n) is 5.75. The van der Waals surface area contributed by atoms with Gasteiger partial charge in [0.2, 0.25) is 0 Å². The Kier molecular flexibility index (Phi) is 3.02. The number of halogens is 1. The van der Waals surface area contributed by atoms with Gasteiger partial charge in [-0.05, 0) is 17.7 Å². The Morgan fingerprint density at radius 3 is 2.53 bits per heavy atom. The van der Waals surface area contributed by atoms with Crippen molar-refractivity contribution < 1.29 is 8.81 Å². The summed E-state index contributed by atoms with van der Waals surface area (Å²) >= 11 is 0. The van der Waals surface area contributed by atoms with Gasteiger partial charge in [0.15, 0.2) is 5.89 Å². The highest BCUT2D eigenvalue weighted by Crippen LogP contribution is 2.18. The van der Waals surface area contributed by atoms with Crippen molar-refractivity contribution in [3.05, 3.63) is 66.5 Å². The molecule has 0 fully saturated rings. The Morgan fingerprint density at radius 1 is 1.05 bits per heavy atom. The minimum Gasteiger partial charge on any atom is -0.448 e. The van der Waals surface area contributed by atoms with E-state index < -0.39 is 0 Å². The Hall–Kier alpha value is -2.56. The predicted molar refractivity (Wildman–Crippen MR) is 66.7 cm³/mol. The lowest BCUT2D eigenvalue weighted by Gasteiger charge is -1.96. The smallest absolute Gasteiger partial charge is 0.198 e. The molecule has 0 aliphatic carbocycles. The molecule has 3 rings (SSSR count). The quantitative estimate of drug-likeness (QED) is 0.722.